The maximum absolute atomic E-state index is 4.37. The van der Waals surface area contributed by atoms with E-state index in [0.29, 0.717) is 18.3 Å². The van der Waals surface area contributed by atoms with Gasteiger partial charge in [-0.2, -0.15) is 10.1 Å². The van der Waals surface area contributed by atoms with Gasteiger partial charge in [0.05, 0.1) is 18.4 Å². The zero-order chi connectivity index (χ0) is 15.2. The molecule has 2 aromatic heterocycles. The van der Waals surface area contributed by atoms with Crippen molar-refractivity contribution in [1.82, 2.24) is 20.2 Å². The smallest absolute Gasteiger partial charge is 0.249 e. The highest BCUT2D eigenvalue weighted by atomic mass is 79.9. The number of nitrogens with one attached hydrogen (secondary N) is 2. The van der Waals surface area contributed by atoms with Gasteiger partial charge in [-0.1, -0.05) is 22.0 Å². The summed E-state index contributed by atoms with van der Waals surface area (Å²) < 4.78 is 1.02. The lowest BCUT2D eigenvalue weighted by atomic mass is 10.3. The highest BCUT2D eigenvalue weighted by molar-refractivity contribution is 9.10. The first-order valence-electron chi connectivity index (χ1n) is 6.66. The second-order valence-electron chi connectivity index (χ2n) is 4.47. The van der Waals surface area contributed by atoms with E-state index in [2.05, 4.69) is 46.7 Å². The topological polar surface area (TPSA) is 75.6 Å². The molecule has 6 nitrogen and oxygen atoms in total. The van der Waals surface area contributed by atoms with Gasteiger partial charge in [0.2, 0.25) is 5.95 Å². The van der Waals surface area contributed by atoms with E-state index in [9.17, 15) is 0 Å². The molecule has 0 atom stereocenters. The van der Waals surface area contributed by atoms with Gasteiger partial charge in [0.25, 0.3) is 0 Å². The molecule has 0 aliphatic carbocycles. The molecule has 0 saturated carbocycles. The third-order valence-corrected chi connectivity index (χ3v) is 3.36. The van der Waals surface area contributed by atoms with Gasteiger partial charge in [0.15, 0.2) is 5.82 Å². The molecule has 3 rings (SSSR count). The lowest BCUT2D eigenvalue weighted by Gasteiger charge is -2.07. The summed E-state index contributed by atoms with van der Waals surface area (Å²) in [5.41, 5.74) is 1.83. The molecule has 0 saturated heterocycles. The number of nitrogens with zero attached hydrogens (tertiary/aromatic N) is 4. The van der Waals surface area contributed by atoms with E-state index < -0.39 is 0 Å². The Morgan fingerprint density at radius 2 is 1.91 bits per heavy atom. The number of rotatable bonds is 5. The summed E-state index contributed by atoms with van der Waals surface area (Å²) in [4.78, 5) is 8.62. The zero-order valence-corrected chi connectivity index (χ0v) is 13.2. The van der Waals surface area contributed by atoms with E-state index in [1.165, 1.54) is 0 Å². The van der Waals surface area contributed by atoms with E-state index in [4.69, 9.17) is 0 Å². The number of hydrogen-bond donors (Lipinski definition) is 2. The third kappa shape index (κ3) is 3.98. The second kappa shape index (κ2) is 6.95. The van der Waals surface area contributed by atoms with E-state index in [1.54, 1.807) is 12.4 Å². The van der Waals surface area contributed by atoms with Crippen LogP contribution in [0.1, 0.15) is 5.69 Å². The van der Waals surface area contributed by atoms with Crippen molar-refractivity contribution in [1.29, 1.82) is 0 Å². The molecular weight excluding hydrogens is 344 g/mol. The summed E-state index contributed by atoms with van der Waals surface area (Å²) in [7, 11) is 0. The van der Waals surface area contributed by atoms with Crippen molar-refractivity contribution in [3.8, 4) is 0 Å². The van der Waals surface area contributed by atoms with Crippen LogP contribution in [0.2, 0.25) is 0 Å². The van der Waals surface area contributed by atoms with Crippen LogP contribution in [0.3, 0.4) is 0 Å². The van der Waals surface area contributed by atoms with Crippen molar-refractivity contribution < 1.29 is 0 Å². The number of halogens is 1. The number of aromatic nitrogens is 4. The fourth-order valence-electron chi connectivity index (χ4n) is 1.79. The molecule has 0 aliphatic heterocycles. The third-order valence-electron chi connectivity index (χ3n) is 2.84. The van der Waals surface area contributed by atoms with Crippen LogP contribution in [0.4, 0.5) is 17.5 Å². The normalized spacial score (nSPS) is 10.2. The van der Waals surface area contributed by atoms with Crippen LogP contribution in [0.5, 0.6) is 0 Å². The number of anilines is 3. The van der Waals surface area contributed by atoms with Gasteiger partial charge in [0, 0.05) is 16.4 Å². The van der Waals surface area contributed by atoms with E-state index in [0.717, 1.165) is 15.9 Å². The first kappa shape index (κ1) is 14.4. The molecule has 0 unspecified atom stereocenters. The fourth-order valence-corrected chi connectivity index (χ4v) is 2.05. The van der Waals surface area contributed by atoms with Crippen LogP contribution in [0, 0.1) is 0 Å². The van der Waals surface area contributed by atoms with Gasteiger partial charge < -0.3 is 10.6 Å². The molecule has 0 bridgehead atoms. The molecule has 0 amide bonds. The quantitative estimate of drug-likeness (QED) is 0.729. The minimum absolute atomic E-state index is 0.438. The Hall–Kier alpha value is -2.54. The molecule has 0 spiro atoms. The lowest BCUT2D eigenvalue weighted by Crippen LogP contribution is -2.06. The van der Waals surface area contributed by atoms with E-state index in [-0.39, 0.29) is 0 Å². The average Bonchev–Trinajstić information content (AvgIpc) is 2.57. The summed E-state index contributed by atoms with van der Waals surface area (Å²) in [6, 6.07) is 13.5. The van der Waals surface area contributed by atoms with Crippen LogP contribution in [-0.4, -0.2) is 20.2 Å². The highest BCUT2D eigenvalue weighted by Gasteiger charge is 2.02. The number of hydrogen-bond acceptors (Lipinski definition) is 6. The molecule has 22 heavy (non-hydrogen) atoms. The second-order valence-corrected chi connectivity index (χ2v) is 5.39. The molecule has 7 heteroatoms. The predicted molar refractivity (Wildman–Crippen MR) is 88.8 cm³/mol. The van der Waals surface area contributed by atoms with Gasteiger partial charge in [0.1, 0.15) is 0 Å². The summed E-state index contributed by atoms with van der Waals surface area (Å²) in [5, 5.41) is 14.2. The number of pyridine rings is 1. The molecule has 0 radical (unpaired) electrons. The minimum Gasteiger partial charge on any atom is -0.363 e. The Morgan fingerprint density at radius 3 is 2.68 bits per heavy atom. The SMILES string of the molecule is Brc1ccc(Nc2nncc(NCc3ccccn3)n2)cc1. The first-order valence-corrected chi connectivity index (χ1v) is 7.45. The molecule has 3 aromatic rings. The molecule has 0 aliphatic rings. The van der Waals surface area contributed by atoms with E-state index in [1.807, 2.05) is 42.5 Å². The van der Waals surface area contributed by atoms with Crippen molar-refractivity contribution in [3.05, 3.63) is 65.0 Å². The summed E-state index contributed by atoms with van der Waals surface area (Å²) >= 11 is 3.40. The standard InChI is InChI=1S/C15H13BrN6/c16-11-4-6-12(7-5-11)20-15-21-14(10-19-22-15)18-9-13-3-1-2-8-17-13/h1-8,10H,9H2,(H2,18,20,21,22). The van der Waals surface area contributed by atoms with Crippen molar-refractivity contribution in [2.45, 2.75) is 6.54 Å². The van der Waals surface area contributed by atoms with Crippen molar-refractivity contribution in [2.75, 3.05) is 10.6 Å². The molecule has 1 aromatic carbocycles. The van der Waals surface area contributed by atoms with Gasteiger partial charge in [-0.25, -0.2) is 0 Å². The number of benzene rings is 1. The maximum atomic E-state index is 4.37. The summed E-state index contributed by atoms with van der Waals surface area (Å²) in [6.45, 7) is 0.581. The predicted octanol–water partition coefficient (Wildman–Crippen LogP) is 3.38. The Morgan fingerprint density at radius 1 is 1.05 bits per heavy atom. The Balaban J connectivity index is 1.66. The van der Waals surface area contributed by atoms with Crippen molar-refractivity contribution in [3.63, 3.8) is 0 Å². The largest absolute Gasteiger partial charge is 0.363 e. The minimum atomic E-state index is 0.438. The van der Waals surface area contributed by atoms with Crippen LogP contribution in [0.15, 0.2) is 59.3 Å². The lowest BCUT2D eigenvalue weighted by molar-refractivity contribution is 0.955. The Bertz CT molecular complexity index is 733. The maximum Gasteiger partial charge on any atom is 0.249 e. The molecule has 2 N–H and O–H groups in total. The van der Waals surface area contributed by atoms with Crippen LogP contribution < -0.4 is 10.6 Å². The van der Waals surface area contributed by atoms with Gasteiger partial charge in [-0.3, -0.25) is 4.98 Å². The highest BCUT2D eigenvalue weighted by Crippen LogP contribution is 2.17. The van der Waals surface area contributed by atoms with Crippen molar-refractivity contribution in [2.24, 2.45) is 0 Å². The van der Waals surface area contributed by atoms with Gasteiger partial charge in [-0.05, 0) is 36.4 Å². The average molecular weight is 357 g/mol. The molecule has 0 fully saturated rings. The Labute approximate surface area is 136 Å². The van der Waals surface area contributed by atoms with Gasteiger partial charge >= 0.3 is 0 Å². The van der Waals surface area contributed by atoms with Crippen LogP contribution in [-0.2, 0) is 6.54 Å². The van der Waals surface area contributed by atoms with Crippen LogP contribution in [0.25, 0.3) is 0 Å². The van der Waals surface area contributed by atoms with E-state index >= 15 is 0 Å². The van der Waals surface area contributed by atoms with Crippen molar-refractivity contribution >= 4 is 33.4 Å². The Kier molecular flexibility index (Phi) is 4.55. The van der Waals surface area contributed by atoms with Crippen LogP contribution >= 0.6 is 15.9 Å². The fraction of sp³-hybridized carbons (Fsp3) is 0.0667. The summed E-state index contributed by atoms with van der Waals surface area (Å²) in [6.07, 6.45) is 3.34. The van der Waals surface area contributed by atoms with Gasteiger partial charge in [-0.15, -0.1) is 5.10 Å². The molecule has 110 valence electrons. The molecule has 2 heterocycles. The zero-order valence-electron chi connectivity index (χ0n) is 11.6. The first-order chi connectivity index (χ1) is 10.8. The monoisotopic (exact) mass is 356 g/mol. The summed E-state index contributed by atoms with van der Waals surface area (Å²) in [5.74, 6) is 1.08. The molecular formula is C15H13BrN6.